The summed E-state index contributed by atoms with van der Waals surface area (Å²) in [5.41, 5.74) is 0. The average molecular weight is 164 g/mol. The van der Waals surface area contributed by atoms with Gasteiger partial charge >= 0.3 is 0 Å². The first-order chi connectivity index (χ1) is 4.66. The van der Waals surface area contributed by atoms with Crippen molar-refractivity contribution in [2.24, 2.45) is 0 Å². The van der Waals surface area contributed by atoms with Crippen LogP contribution < -0.4 is 4.72 Å². The third-order valence-electron chi connectivity index (χ3n) is 2.09. The fourth-order valence-electron chi connectivity index (χ4n) is 1.11. The minimum absolute atomic E-state index is 0.833. The van der Waals surface area contributed by atoms with E-state index in [1.165, 1.54) is 0 Å². The van der Waals surface area contributed by atoms with Crippen molar-refractivity contribution in [2.45, 2.75) is 0 Å². The van der Waals surface area contributed by atoms with E-state index in [0.717, 1.165) is 24.6 Å². The number of hydrogen-bond acceptors (Lipinski definition) is 2. The van der Waals surface area contributed by atoms with Gasteiger partial charge in [0, 0.05) is 24.6 Å². The van der Waals surface area contributed by atoms with E-state index >= 15 is 0 Å². The lowest BCUT2D eigenvalue weighted by molar-refractivity contribution is 0.363. The molecule has 0 amide bonds. The van der Waals surface area contributed by atoms with Crippen LogP contribution in [0.3, 0.4) is 0 Å². The molecule has 4 heteroatoms. The van der Waals surface area contributed by atoms with Gasteiger partial charge in [0.15, 0.2) is 0 Å². The molecular formula is C6H16N2OS. The Morgan fingerprint density at radius 3 is 2.30 bits per heavy atom. The van der Waals surface area contributed by atoms with Gasteiger partial charge in [0.25, 0.3) is 0 Å². The van der Waals surface area contributed by atoms with E-state index in [-0.39, 0.29) is 0 Å². The van der Waals surface area contributed by atoms with E-state index in [0.29, 0.717) is 0 Å². The Kier molecular flexibility index (Phi) is 2.44. The lowest BCUT2D eigenvalue weighted by atomic mass is 10.6. The summed E-state index contributed by atoms with van der Waals surface area (Å²) >= 11 is 0. The fourth-order valence-corrected chi connectivity index (χ4v) is 3.11. The summed E-state index contributed by atoms with van der Waals surface area (Å²) in [7, 11) is 1.94. The largest absolute Gasteiger partial charge is 0.305 e. The predicted molar refractivity (Wildman–Crippen MR) is 45.8 cm³/mol. The average Bonchev–Trinajstić information content (AvgIpc) is 1.96. The van der Waals surface area contributed by atoms with Gasteiger partial charge in [-0.25, -0.2) is 0 Å². The fraction of sp³-hybridized carbons (Fsp3) is 1.00. The molecule has 1 N–H and O–H groups in total. The van der Waals surface area contributed by atoms with Crippen molar-refractivity contribution in [3.8, 4) is 0 Å². The molecule has 3 nitrogen and oxygen atoms in total. The molecule has 0 saturated carbocycles. The number of nitrogens with one attached hydrogen (secondary N) is 1. The third-order valence-corrected chi connectivity index (χ3v) is 4.75. The van der Waals surface area contributed by atoms with Crippen LogP contribution in [-0.2, 0) is 10.1 Å². The number of nitrogens with zero attached hydrogens (tertiary/aromatic N) is 1. The Labute approximate surface area is 63.3 Å². The highest BCUT2D eigenvalue weighted by Crippen LogP contribution is 2.05. The minimum atomic E-state index is -1.92. The molecule has 0 radical (unpaired) electrons. The highest BCUT2D eigenvalue weighted by Gasteiger charge is 2.18. The van der Waals surface area contributed by atoms with Crippen LogP contribution in [0.1, 0.15) is 0 Å². The smallest absolute Gasteiger partial charge is 0.0256 e. The Bertz CT molecular complexity index is 148. The van der Waals surface area contributed by atoms with Crippen LogP contribution in [0.15, 0.2) is 0 Å². The summed E-state index contributed by atoms with van der Waals surface area (Å²) in [5.74, 6) is 1.67. The van der Waals surface area contributed by atoms with Gasteiger partial charge in [0.05, 0.1) is 0 Å². The first-order valence-corrected chi connectivity index (χ1v) is 5.70. The Hall–Kier alpha value is 0.0700. The molecular weight excluding hydrogens is 148 g/mol. The monoisotopic (exact) mass is 164 g/mol. The quantitative estimate of drug-likeness (QED) is 0.491. The Morgan fingerprint density at radius 1 is 1.40 bits per heavy atom. The molecule has 1 aliphatic rings. The summed E-state index contributed by atoms with van der Waals surface area (Å²) in [4.78, 5) is 2.22. The molecule has 0 aliphatic carbocycles. The SMILES string of the molecule is CN[SH]1(=O)CCN(C)CC1. The summed E-state index contributed by atoms with van der Waals surface area (Å²) in [6.07, 6.45) is 0. The van der Waals surface area contributed by atoms with Gasteiger partial charge < -0.3 is 4.90 Å². The highest BCUT2D eigenvalue weighted by atomic mass is 32.3. The Morgan fingerprint density at radius 2 is 1.90 bits per heavy atom. The normalized spacial score (nSPS) is 29.8. The number of rotatable bonds is 1. The van der Waals surface area contributed by atoms with Gasteiger partial charge in [0.2, 0.25) is 0 Å². The van der Waals surface area contributed by atoms with Crippen molar-refractivity contribution in [1.82, 2.24) is 9.62 Å². The number of hydrogen-bond donors (Lipinski definition) is 2. The maximum absolute atomic E-state index is 11.6. The summed E-state index contributed by atoms with van der Waals surface area (Å²) in [6.45, 7) is 1.94. The van der Waals surface area contributed by atoms with Crippen molar-refractivity contribution in [2.75, 3.05) is 38.7 Å². The van der Waals surface area contributed by atoms with Crippen molar-refractivity contribution in [1.29, 1.82) is 0 Å². The molecule has 0 unspecified atom stereocenters. The molecule has 62 valence electrons. The van der Waals surface area contributed by atoms with Crippen molar-refractivity contribution in [3.05, 3.63) is 0 Å². The molecule has 0 atom stereocenters. The first-order valence-electron chi connectivity index (χ1n) is 3.62. The zero-order valence-electron chi connectivity index (χ0n) is 6.63. The van der Waals surface area contributed by atoms with Gasteiger partial charge in [-0.1, -0.05) is 10.1 Å². The van der Waals surface area contributed by atoms with E-state index in [4.69, 9.17) is 0 Å². The van der Waals surface area contributed by atoms with Crippen LogP contribution in [0.4, 0.5) is 0 Å². The van der Waals surface area contributed by atoms with Gasteiger partial charge in [-0.3, -0.25) is 8.93 Å². The zero-order valence-corrected chi connectivity index (χ0v) is 7.53. The zero-order chi connectivity index (χ0) is 7.61. The van der Waals surface area contributed by atoms with E-state index in [2.05, 4.69) is 16.7 Å². The highest BCUT2D eigenvalue weighted by molar-refractivity contribution is 8.01. The van der Waals surface area contributed by atoms with Crippen LogP contribution in [0.25, 0.3) is 0 Å². The lowest BCUT2D eigenvalue weighted by Crippen LogP contribution is -2.47. The third kappa shape index (κ3) is 1.78. The predicted octanol–water partition coefficient (Wildman–Crippen LogP) is -0.917. The lowest BCUT2D eigenvalue weighted by Gasteiger charge is -2.32. The van der Waals surface area contributed by atoms with Crippen LogP contribution in [0.2, 0.25) is 0 Å². The second kappa shape index (κ2) is 2.98. The van der Waals surface area contributed by atoms with Crippen molar-refractivity contribution < 1.29 is 4.21 Å². The molecule has 1 saturated heterocycles. The van der Waals surface area contributed by atoms with E-state index < -0.39 is 10.1 Å². The van der Waals surface area contributed by atoms with Crippen molar-refractivity contribution >= 4 is 10.1 Å². The van der Waals surface area contributed by atoms with Crippen LogP contribution >= 0.6 is 0 Å². The number of thiol groups is 1. The van der Waals surface area contributed by atoms with Crippen LogP contribution in [0, 0.1) is 0 Å². The van der Waals surface area contributed by atoms with E-state index in [9.17, 15) is 4.21 Å². The molecule has 0 aromatic carbocycles. The molecule has 10 heavy (non-hydrogen) atoms. The van der Waals surface area contributed by atoms with Gasteiger partial charge in [-0.05, 0) is 14.1 Å². The molecule has 0 aromatic rings. The molecule has 0 bridgehead atoms. The van der Waals surface area contributed by atoms with Gasteiger partial charge in [-0.15, -0.1) is 0 Å². The molecule has 1 heterocycles. The topological polar surface area (TPSA) is 32.3 Å². The molecule has 0 aromatic heterocycles. The van der Waals surface area contributed by atoms with Gasteiger partial charge in [0.1, 0.15) is 0 Å². The van der Waals surface area contributed by atoms with Crippen molar-refractivity contribution in [3.63, 3.8) is 0 Å². The molecule has 1 rings (SSSR count). The molecule has 1 fully saturated rings. The maximum atomic E-state index is 11.6. The summed E-state index contributed by atoms with van der Waals surface area (Å²) < 4.78 is 14.5. The summed E-state index contributed by atoms with van der Waals surface area (Å²) in [6, 6.07) is 0. The second-order valence-electron chi connectivity index (χ2n) is 2.86. The minimum Gasteiger partial charge on any atom is -0.305 e. The second-order valence-corrected chi connectivity index (χ2v) is 5.98. The molecule has 1 aliphatic heterocycles. The Balaban J connectivity index is 2.46. The molecule has 0 spiro atoms. The van der Waals surface area contributed by atoms with Gasteiger partial charge in [-0.2, -0.15) is 0 Å². The van der Waals surface area contributed by atoms with Crippen LogP contribution in [0.5, 0.6) is 0 Å². The van der Waals surface area contributed by atoms with E-state index in [1.54, 1.807) is 7.05 Å². The summed E-state index contributed by atoms with van der Waals surface area (Å²) in [5, 5.41) is 0. The standard InChI is InChI=1S/C6H16N2OS/c1-7-10(9)5-3-8(2)4-6-10/h10H,3-6H2,1-2H3,(H,7,9). The first kappa shape index (κ1) is 8.17. The maximum Gasteiger partial charge on any atom is 0.0256 e. The van der Waals surface area contributed by atoms with Crippen LogP contribution in [-0.4, -0.2) is 47.8 Å². The van der Waals surface area contributed by atoms with E-state index in [1.807, 2.05) is 0 Å².